The van der Waals surface area contributed by atoms with Gasteiger partial charge in [-0.15, -0.1) is 0 Å². The minimum absolute atomic E-state index is 0.372. The second-order valence-electron chi connectivity index (χ2n) is 3.84. The maximum atomic E-state index is 13.1. The molecular formula is C11H12FN3O2. The van der Waals surface area contributed by atoms with Crippen molar-refractivity contribution in [1.29, 1.82) is 0 Å². The summed E-state index contributed by atoms with van der Waals surface area (Å²) in [7, 11) is 1.72. The predicted octanol–water partition coefficient (Wildman–Crippen LogP) is 1.60. The van der Waals surface area contributed by atoms with Crippen molar-refractivity contribution in [3.63, 3.8) is 0 Å². The number of nitrogens with one attached hydrogen (secondary N) is 1. The van der Waals surface area contributed by atoms with Gasteiger partial charge in [0.2, 0.25) is 0 Å². The number of benzene rings is 1. The SMILES string of the molecule is CC(Nc1nn(C)c2ccc(F)cc12)C(=O)O. The molecule has 2 N–H and O–H groups in total. The van der Waals surface area contributed by atoms with Crippen molar-refractivity contribution in [2.24, 2.45) is 7.05 Å². The fraction of sp³-hybridized carbons (Fsp3) is 0.273. The number of carbonyl (C=O) groups is 1. The standard InChI is InChI=1S/C11H12FN3O2/c1-6(11(16)17)13-10-8-5-7(12)3-4-9(8)15(2)14-10/h3-6H,1-2H3,(H,13,14)(H,16,17). The van der Waals surface area contributed by atoms with Crippen LogP contribution in [0.1, 0.15) is 6.92 Å². The van der Waals surface area contributed by atoms with Gasteiger partial charge in [0.05, 0.1) is 5.52 Å². The van der Waals surface area contributed by atoms with Gasteiger partial charge in [-0.1, -0.05) is 0 Å². The summed E-state index contributed by atoms with van der Waals surface area (Å²) in [5.74, 6) is -0.992. The molecule has 0 amide bonds. The van der Waals surface area contributed by atoms with Crippen molar-refractivity contribution in [3.8, 4) is 0 Å². The number of hydrogen-bond donors (Lipinski definition) is 2. The number of rotatable bonds is 3. The van der Waals surface area contributed by atoms with E-state index < -0.39 is 12.0 Å². The molecule has 0 radical (unpaired) electrons. The van der Waals surface area contributed by atoms with Gasteiger partial charge in [-0.3, -0.25) is 9.48 Å². The van der Waals surface area contributed by atoms with E-state index in [0.717, 1.165) is 5.52 Å². The minimum Gasteiger partial charge on any atom is -0.480 e. The number of nitrogens with zero attached hydrogens (tertiary/aromatic N) is 2. The van der Waals surface area contributed by atoms with E-state index in [1.54, 1.807) is 17.8 Å². The molecular weight excluding hydrogens is 225 g/mol. The summed E-state index contributed by atoms with van der Waals surface area (Å²) in [6, 6.07) is 3.50. The number of anilines is 1. The van der Waals surface area contributed by atoms with Gasteiger partial charge in [-0.05, 0) is 25.1 Å². The molecule has 1 heterocycles. The molecule has 90 valence electrons. The van der Waals surface area contributed by atoms with Crippen molar-refractivity contribution < 1.29 is 14.3 Å². The van der Waals surface area contributed by atoms with E-state index in [-0.39, 0.29) is 5.82 Å². The highest BCUT2D eigenvalue weighted by atomic mass is 19.1. The summed E-state index contributed by atoms with van der Waals surface area (Å²) < 4.78 is 14.7. The molecule has 1 unspecified atom stereocenters. The van der Waals surface area contributed by atoms with Crippen molar-refractivity contribution in [2.45, 2.75) is 13.0 Å². The average Bonchev–Trinajstić information content (AvgIpc) is 2.55. The Balaban J connectivity index is 2.47. The zero-order valence-corrected chi connectivity index (χ0v) is 9.44. The van der Waals surface area contributed by atoms with E-state index >= 15 is 0 Å². The van der Waals surface area contributed by atoms with Gasteiger partial charge in [-0.2, -0.15) is 5.10 Å². The van der Waals surface area contributed by atoms with Crippen molar-refractivity contribution in [1.82, 2.24) is 9.78 Å². The van der Waals surface area contributed by atoms with Crippen LogP contribution in [0.25, 0.3) is 10.9 Å². The normalized spacial score (nSPS) is 12.6. The van der Waals surface area contributed by atoms with Crippen LogP contribution in [0.15, 0.2) is 18.2 Å². The molecule has 0 bridgehead atoms. The largest absolute Gasteiger partial charge is 0.480 e. The van der Waals surface area contributed by atoms with E-state index in [4.69, 9.17) is 5.11 Å². The fourth-order valence-corrected chi connectivity index (χ4v) is 1.61. The van der Waals surface area contributed by atoms with Crippen LogP contribution in [0.5, 0.6) is 0 Å². The Bertz CT molecular complexity index is 579. The fourth-order valence-electron chi connectivity index (χ4n) is 1.61. The van der Waals surface area contributed by atoms with Crippen LogP contribution in [0.4, 0.5) is 10.2 Å². The van der Waals surface area contributed by atoms with E-state index in [1.807, 2.05) is 0 Å². The third-order valence-corrected chi connectivity index (χ3v) is 2.54. The third-order valence-electron chi connectivity index (χ3n) is 2.54. The van der Waals surface area contributed by atoms with E-state index in [2.05, 4.69) is 10.4 Å². The summed E-state index contributed by atoms with van der Waals surface area (Å²) in [5.41, 5.74) is 0.742. The molecule has 2 aromatic rings. The van der Waals surface area contributed by atoms with Crippen LogP contribution in [0.3, 0.4) is 0 Å². The highest BCUT2D eigenvalue weighted by Gasteiger charge is 2.15. The average molecular weight is 237 g/mol. The summed E-state index contributed by atoms with van der Waals surface area (Å²) in [4.78, 5) is 10.7. The Kier molecular flexibility index (Phi) is 2.71. The number of carboxylic acid groups (broad SMARTS) is 1. The van der Waals surface area contributed by atoms with Gasteiger partial charge < -0.3 is 10.4 Å². The number of carboxylic acids is 1. The number of hydrogen-bond acceptors (Lipinski definition) is 3. The Hall–Kier alpha value is -2.11. The monoisotopic (exact) mass is 237 g/mol. The molecule has 1 aromatic heterocycles. The van der Waals surface area contributed by atoms with Crippen LogP contribution in [-0.2, 0) is 11.8 Å². The van der Waals surface area contributed by atoms with E-state index in [9.17, 15) is 9.18 Å². The molecule has 0 saturated heterocycles. The minimum atomic E-state index is -0.986. The van der Waals surface area contributed by atoms with Crippen LogP contribution in [0.2, 0.25) is 0 Å². The Labute approximate surface area is 96.9 Å². The smallest absolute Gasteiger partial charge is 0.325 e. The first kappa shape index (κ1) is 11.4. The summed E-state index contributed by atoms with van der Waals surface area (Å²) in [6.45, 7) is 1.50. The molecule has 0 aliphatic heterocycles. The van der Waals surface area contributed by atoms with Crippen molar-refractivity contribution in [3.05, 3.63) is 24.0 Å². The molecule has 0 aliphatic carbocycles. The highest BCUT2D eigenvalue weighted by Crippen LogP contribution is 2.23. The summed E-state index contributed by atoms with van der Waals surface area (Å²) in [5, 5.41) is 16.2. The first-order valence-electron chi connectivity index (χ1n) is 5.10. The second kappa shape index (κ2) is 4.04. The lowest BCUT2D eigenvalue weighted by atomic mass is 10.2. The quantitative estimate of drug-likeness (QED) is 0.850. The Morgan fingerprint density at radius 3 is 2.94 bits per heavy atom. The molecule has 2 rings (SSSR count). The molecule has 0 fully saturated rings. The molecule has 5 nitrogen and oxygen atoms in total. The molecule has 0 saturated carbocycles. The Morgan fingerprint density at radius 2 is 2.29 bits per heavy atom. The van der Waals surface area contributed by atoms with Gasteiger partial charge in [0.1, 0.15) is 11.9 Å². The highest BCUT2D eigenvalue weighted by molar-refractivity contribution is 5.91. The lowest BCUT2D eigenvalue weighted by Gasteiger charge is -2.07. The van der Waals surface area contributed by atoms with Gasteiger partial charge in [0.15, 0.2) is 5.82 Å². The van der Waals surface area contributed by atoms with E-state index in [1.165, 1.54) is 19.1 Å². The van der Waals surface area contributed by atoms with Crippen molar-refractivity contribution in [2.75, 3.05) is 5.32 Å². The molecule has 17 heavy (non-hydrogen) atoms. The third kappa shape index (κ3) is 2.06. The number of aromatic nitrogens is 2. The molecule has 1 aromatic carbocycles. The van der Waals surface area contributed by atoms with Gasteiger partial charge in [0.25, 0.3) is 0 Å². The maximum Gasteiger partial charge on any atom is 0.325 e. The van der Waals surface area contributed by atoms with Crippen molar-refractivity contribution >= 4 is 22.7 Å². The molecule has 6 heteroatoms. The number of halogens is 1. The van der Waals surface area contributed by atoms with Crippen LogP contribution in [-0.4, -0.2) is 26.9 Å². The molecule has 0 spiro atoms. The van der Waals surface area contributed by atoms with E-state index in [0.29, 0.717) is 11.2 Å². The maximum absolute atomic E-state index is 13.1. The van der Waals surface area contributed by atoms with Gasteiger partial charge >= 0.3 is 5.97 Å². The predicted molar refractivity (Wildman–Crippen MR) is 61.4 cm³/mol. The summed E-state index contributed by atoms with van der Waals surface area (Å²) >= 11 is 0. The molecule has 0 aliphatic rings. The topological polar surface area (TPSA) is 67.2 Å². The first-order valence-corrected chi connectivity index (χ1v) is 5.10. The second-order valence-corrected chi connectivity index (χ2v) is 3.84. The zero-order chi connectivity index (χ0) is 12.6. The van der Waals surface area contributed by atoms with Crippen LogP contribution in [0, 0.1) is 5.82 Å². The number of fused-ring (bicyclic) bond motifs is 1. The van der Waals surface area contributed by atoms with Gasteiger partial charge in [0, 0.05) is 12.4 Å². The lowest BCUT2D eigenvalue weighted by molar-refractivity contribution is -0.137. The van der Waals surface area contributed by atoms with Crippen LogP contribution < -0.4 is 5.32 Å². The van der Waals surface area contributed by atoms with Gasteiger partial charge in [-0.25, -0.2) is 4.39 Å². The summed E-state index contributed by atoms with van der Waals surface area (Å²) in [6.07, 6.45) is 0. The lowest BCUT2D eigenvalue weighted by Crippen LogP contribution is -2.25. The molecule has 1 atom stereocenters. The van der Waals surface area contributed by atoms with Crippen LogP contribution >= 0.6 is 0 Å². The zero-order valence-electron chi connectivity index (χ0n) is 9.44. The number of aryl methyl sites for hydroxylation is 1. The number of aliphatic carboxylic acids is 1. The first-order chi connectivity index (χ1) is 7.99. The Morgan fingerprint density at radius 1 is 1.59 bits per heavy atom.